The minimum absolute atomic E-state index is 0.00889. The molecule has 142 valence electrons. The predicted octanol–water partition coefficient (Wildman–Crippen LogP) is 6.22. The van der Waals surface area contributed by atoms with Crippen molar-refractivity contribution in [2.24, 2.45) is 0 Å². The first kappa shape index (κ1) is 21.2. The monoisotopic (exact) mass is 426 g/mol. The Hall–Kier alpha value is -2.12. The molecule has 1 heterocycles. The third kappa shape index (κ3) is 4.59. The minimum atomic E-state index is -0.814. The molecule has 3 nitrogen and oxygen atoms in total. The Bertz CT molecular complexity index is 827. The molecule has 1 aliphatic rings. The van der Waals surface area contributed by atoms with Gasteiger partial charge >= 0.3 is 0 Å². The molecule has 0 N–H and O–H groups in total. The van der Waals surface area contributed by atoms with E-state index in [0.717, 1.165) is 28.6 Å². The van der Waals surface area contributed by atoms with Gasteiger partial charge in [0.05, 0.1) is 17.9 Å². The van der Waals surface area contributed by atoms with Crippen molar-refractivity contribution in [3.63, 3.8) is 0 Å². The van der Waals surface area contributed by atoms with Crippen LogP contribution in [0, 0.1) is 11.3 Å². The standard InChI is InChI=1S/C23H27BrN2O/c1-5-15-26-21-16-19(24)9-10-20(21)23(13-14-25,22(26)27)12-11-18(4)8-6-7-17(2)3/h5,7,9-11,16H,1,6,8,12-13,15H2,2-4H3/b18-11+/t23-/m0/s1. The number of hydrogen-bond acceptors (Lipinski definition) is 2. The van der Waals surface area contributed by atoms with E-state index in [1.165, 1.54) is 11.1 Å². The number of nitriles is 1. The average Bonchev–Trinajstić information content (AvgIpc) is 2.83. The molecule has 0 aliphatic carbocycles. The first-order valence-corrected chi connectivity index (χ1v) is 10.0. The molecular weight excluding hydrogens is 400 g/mol. The van der Waals surface area contributed by atoms with Crippen LogP contribution in [0.2, 0.25) is 0 Å². The molecule has 1 aromatic rings. The second-order valence-electron chi connectivity index (χ2n) is 7.36. The van der Waals surface area contributed by atoms with Gasteiger partial charge in [0.2, 0.25) is 5.91 Å². The van der Waals surface area contributed by atoms with Crippen LogP contribution in [0.4, 0.5) is 5.69 Å². The summed E-state index contributed by atoms with van der Waals surface area (Å²) in [6.45, 7) is 10.5. The number of carbonyl (C=O) groups is 1. The van der Waals surface area contributed by atoms with Gasteiger partial charge in [-0.05, 0) is 57.7 Å². The summed E-state index contributed by atoms with van der Waals surface area (Å²) < 4.78 is 0.921. The van der Waals surface area contributed by atoms with E-state index >= 15 is 0 Å². The molecule has 0 fully saturated rings. The summed E-state index contributed by atoms with van der Waals surface area (Å²) in [7, 11) is 0. The van der Waals surface area contributed by atoms with Gasteiger partial charge in [-0.25, -0.2) is 0 Å². The van der Waals surface area contributed by atoms with E-state index in [1.54, 1.807) is 11.0 Å². The van der Waals surface area contributed by atoms with Crippen molar-refractivity contribution in [1.82, 2.24) is 0 Å². The number of fused-ring (bicyclic) bond motifs is 1. The fourth-order valence-electron chi connectivity index (χ4n) is 3.54. The van der Waals surface area contributed by atoms with E-state index in [2.05, 4.69) is 61.5 Å². The Morgan fingerprint density at radius 1 is 1.33 bits per heavy atom. The number of carbonyl (C=O) groups excluding carboxylic acids is 1. The highest BCUT2D eigenvalue weighted by atomic mass is 79.9. The fraction of sp³-hybridized carbons (Fsp3) is 0.391. The number of nitrogens with zero attached hydrogens (tertiary/aromatic N) is 2. The van der Waals surface area contributed by atoms with Gasteiger partial charge in [0.15, 0.2) is 0 Å². The molecule has 4 heteroatoms. The van der Waals surface area contributed by atoms with Crippen LogP contribution in [-0.2, 0) is 10.2 Å². The highest BCUT2D eigenvalue weighted by Crippen LogP contribution is 2.47. The van der Waals surface area contributed by atoms with Crippen molar-refractivity contribution < 1.29 is 4.79 Å². The van der Waals surface area contributed by atoms with Gasteiger partial charge in [0.25, 0.3) is 0 Å². The van der Waals surface area contributed by atoms with Crippen molar-refractivity contribution in [2.75, 3.05) is 11.4 Å². The van der Waals surface area contributed by atoms with Crippen LogP contribution in [0.25, 0.3) is 0 Å². The van der Waals surface area contributed by atoms with Crippen molar-refractivity contribution in [3.05, 3.63) is 64.2 Å². The van der Waals surface area contributed by atoms with Crippen LogP contribution in [0.5, 0.6) is 0 Å². The zero-order valence-electron chi connectivity index (χ0n) is 16.4. The smallest absolute Gasteiger partial charge is 0.239 e. The summed E-state index contributed by atoms with van der Waals surface area (Å²) in [5.41, 5.74) is 3.56. The van der Waals surface area contributed by atoms with Gasteiger partial charge in [0.1, 0.15) is 0 Å². The summed E-state index contributed by atoms with van der Waals surface area (Å²) in [4.78, 5) is 15.1. The number of allylic oxidation sites excluding steroid dienone is 4. The lowest BCUT2D eigenvalue weighted by molar-refractivity contribution is -0.122. The summed E-state index contributed by atoms with van der Waals surface area (Å²) in [5.74, 6) is -0.00889. The SMILES string of the molecule is C=CCN1C(=O)[C@](CC#N)(C/C=C(\C)CCC=C(C)C)c2ccc(Br)cc21. The molecule has 0 saturated carbocycles. The summed E-state index contributed by atoms with van der Waals surface area (Å²) in [5, 5.41) is 9.50. The van der Waals surface area contributed by atoms with Gasteiger partial charge < -0.3 is 4.90 Å². The summed E-state index contributed by atoms with van der Waals surface area (Å²) in [6.07, 6.45) is 8.76. The fourth-order valence-corrected chi connectivity index (χ4v) is 3.89. The van der Waals surface area contributed by atoms with Crippen molar-refractivity contribution in [3.8, 4) is 6.07 Å². The number of halogens is 1. The largest absolute Gasteiger partial charge is 0.307 e. The molecule has 1 atom stereocenters. The van der Waals surface area contributed by atoms with Crippen LogP contribution < -0.4 is 4.90 Å². The highest BCUT2D eigenvalue weighted by molar-refractivity contribution is 9.10. The normalized spacial score (nSPS) is 18.9. The van der Waals surface area contributed by atoms with E-state index in [0.29, 0.717) is 13.0 Å². The topological polar surface area (TPSA) is 44.1 Å². The Kier molecular flexibility index (Phi) is 7.21. The lowest BCUT2D eigenvalue weighted by Crippen LogP contribution is -2.40. The lowest BCUT2D eigenvalue weighted by atomic mass is 9.75. The Morgan fingerprint density at radius 3 is 2.70 bits per heavy atom. The second kappa shape index (κ2) is 9.19. The van der Waals surface area contributed by atoms with Crippen LogP contribution in [0.15, 0.2) is 58.6 Å². The average molecular weight is 427 g/mol. The summed E-state index contributed by atoms with van der Waals surface area (Å²) >= 11 is 3.50. The van der Waals surface area contributed by atoms with Gasteiger partial charge in [-0.1, -0.05) is 51.4 Å². The predicted molar refractivity (Wildman–Crippen MR) is 116 cm³/mol. The highest BCUT2D eigenvalue weighted by Gasteiger charge is 2.49. The second-order valence-corrected chi connectivity index (χ2v) is 8.27. The number of amides is 1. The molecular formula is C23H27BrN2O. The molecule has 0 unspecified atom stereocenters. The molecule has 0 saturated heterocycles. The van der Waals surface area contributed by atoms with E-state index in [1.807, 2.05) is 18.2 Å². The molecule has 1 aliphatic heterocycles. The quantitative estimate of drug-likeness (QED) is 0.463. The molecule has 0 bridgehead atoms. The van der Waals surface area contributed by atoms with Crippen molar-refractivity contribution in [2.45, 2.75) is 51.9 Å². The first-order valence-electron chi connectivity index (χ1n) is 9.24. The molecule has 27 heavy (non-hydrogen) atoms. The Balaban J connectivity index is 2.39. The molecule has 2 rings (SSSR count). The van der Waals surface area contributed by atoms with E-state index in [9.17, 15) is 10.1 Å². The third-order valence-electron chi connectivity index (χ3n) is 5.00. The van der Waals surface area contributed by atoms with Crippen molar-refractivity contribution in [1.29, 1.82) is 5.26 Å². The van der Waals surface area contributed by atoms with Gasteiger partial charge in [-0.2, -0.15) is 5.26 Å². The van der Waals surface area contributed by atoms with Gasteiger partial charge in [0, 0.05) is 16.7 Å². The zero-order valence-corrected chi connectivity index (χ0v) is 18.0. The maximum Gasteiger partial charge on any atom is 0.239 e. The lowest BCUT2D eigenvalue weighted by Gasteiger charge is -2.25. The minimum Gasteiger partial charge on any atom is -0.307 e. The van der Waals surface area contributed by atoms with Crippen LogP contribution in [0.1, 0.15) is 52.0 Å². The maximum atomic E-state index is 13.4. The number of benzene rings is 1. The van der Waals surface area contributed by atoms with E-state index in [4.69, 9.17) is 0 Å². The molecule has 0 spiro atoms. The number of rotatable bonds is 8. The first-order chi connectivity index (χ1) is 12.9. The number of anilines is 1. The Labute approximate surface area is 171 Å². The van der Waals surface area contributed by atoms with Crippen molar-refractivity contribution >= 4 is 27.5 Å². The molecule has 0 radical (unpaired) electrons. The van der Waals surface area contributed by atoms with Crippen LogP contribution in [0.3, 0.4) is 0 Å². The van der Waals surface area contributed by atoms with Gasteiger partial charge in [-0.3, -0.25) is 4.79 Å². The Morgan fingerprint density at radius 2 is 2.07 bits per heavy atom. The molecule has 0 aromatic heterocycles. The third-order valence-corrected chi connectivity index (χ3v) is 5.50. The molecule has 1 amide bonds. The van der Waals surface area contributed by atoms with E-state index < -0.39 is 5.41 Å². The summed E-state index contributed by atoms with van der Waals surface area (Å²) in [6, 6.07) is 8.14. The van der Waals surface area contributed by atoms with Crippen LogP contribution in [-0.4, -0.2) is 12.5 Å². The van der Waals surface area contributed by atoms with E-state index in [-0.39, 0.29) is 12.3 Å². The van der Waals surface area contributed by atoms with Gasteiger partial charge in [-0.15, -0.1) is 6.58 Å². The van der Waals surface area contributed by atoms with Crippen LogP contribution >= 0.6 is 15.9 Å². The number of hydrogen-bond donors (Lipinski definition) is 0. The molecule has 1 aromatic carbocycles. The zero-order chi connectivity index (χ0) is 20.0. The maximum absolute atomic E-state index is 13.4.